The van der Waals surface area contributed by atoms with Gasteiger partial charge in [0, 0.05) is 0 Å². The molecule has 0 aliphatic heterocycles. The second kappa shape index (κ2) is 5.13. The molecule has 0 unspecified atom stereocenters. The Morgan fingerprint density at radius 2 is 1.50 bits per heavy atom. The monoisotopic (exact) mass is 225 g/mol. The van der Waals surface area contributed by atoms with E-state index in [1.54, 1.807) is 0 Å². The lowest BCUT2D eigenvalue weighted by atomic mass is 13.4. The summed E-state index contributed by atoms with van der Waals surface area (Å²) in [6, 6.07) is 0. The summed E-state index contributed by atoms with van der Waals surface area (Å²) in [7, 11) is -9.29. The molecule has 0 bridgehead atoms. The lowest BCUT2D eigenvalue weighted by Crippen LogP contribution is -1.95. The predicted molar refractivity (Wildman–Crippen MR) is 32.7 cm³/mol. The second-order valence-electron chi connectivity index (χ2n) is 1.09. The number of nitrogens with zero attached hydrogens (tertiary/aromatic N) is 1. The van der Waals surface area contributed by atoms with Crippen LogP contribution in [0.1, 0.15) is 0 Å². The quantitative estimate of drug-likeness (QED) is 0.190. The van der Waals surface area contributed by atoms with Gasteiger partial charge >= 0.3 is 18.2 Å². The third-order valence-electron chi connectivity index (χ3n) is 0.125. The van der Waals surface area contributed by atoms with Gasteiger partial charge in [-0.25, -0.2) is 8.85 Å². The maximum atomic E-state index is 9.27. The molecule has 0 rings (SSSR count). The molecule has 0 amide bonds. The molecule has 0 saturated heterocycles. The van der Waals surface area contributed by atoms with Gasteiger partial charge in [-0.2, -0.15) is 8.42 Å². The van der Waals surface area contributed by atoms with E-state index in [1.165, 1.54) is 5.34 Å². The Morgan fingerprint density at radius 3 is 1.50 bits per heavy atom. The minimum atomic E-state index is -4.65. The minimum Gasteiger partial charge on any atom is -0.303 e. The van der Waals surface area contributed by atoms with Gasteiger partial charge in [0.25, 0.3) is 0 Å². The lowest BCUT2D eigenvalue weighted by molar-refractivity contribution is 0.274. The largest absolute Gasteiger partial charge is 0.468 e. The van der Waals surface area contributed by atoms with Crippen LogP contribution >= 0.6 is 7.82 Å². The SMILES string of the molecule is O=NOS(=O)(=O)O.O=P(O)(O)O. The fraction of sp³-hybridized carbons (Fsp3) is 0. The van der Waals surface area contributed by atoms with E-state index >= 15 is 0 Å². The summed E-state index contributed by atoms with van der Waals surface area (Å²) < 4.78 is 37.7. The van der Waals surface area contributed by atoms with Gasteiger partial charge in [-0.15, -0.1) is 4.91 Å². The van der Waals surface area contributed by atoms with Crippen molar-refractivity contribution in [2.45, 2.75) is 0 Å². The predicted octanol–water partition coefficient (Wildman–Crippen LogP) is -1.44. The average Bonchev–Trinajstić information content (AvgIpc) is 1.54. The number of hydrogen-bond donors (Lipinski definition) is 4. The summed E-state index contributed by atoms with van der Waals surface area (Å²) in [5.74, 6) is 0. The van der Waals surface area contributed by atoms with Crippen molar-refractivity contribution in [2.75, 3.05) is 0 Å². The van der Waals surface area contributed by atoms with Crippen LogP contribution < -0.4 is 0 Å². The van der Waals surface area contributed by atoms with Gasteiger partial charge in [0.1, 0.15) is 0 Å². The van der Waals surface area contributed by atoms with Gasteiger partial charge in [-0.05, 0) is 0 Å². The standard InChI is InChI=1S/HNO5S.H3O4P/c2-1-6-7(3,4)5;1-5(2,3)4/h(H,3,4,5);(H3,1,2,3,4). The second-order valence-corrected chi connectivity index (χ2v) is 3.12. The van der Waals surface area contributed by atoms with Crippen LogP contribution in [0.2, 0.25) is 0 Å². The zero-order valence-electron chi connectivity index (χ0n) is 5.13. The Labute approximate surface area is 65.9 Å². The van der Waals surface area contributed by atoms with E-state index in [4.69, 9.17) is 28.7 Å². The summed E-state index contributed by atoms with van der Waals surface area (Å²) in [5.41, 5.74) is 0. The van der Waals surface area contributed by atoms with Gasteiger partial charge in [0.15, 0.2) is 5.34 Å². The maximum Gasteiger partial charge on any atom is 0.468 e. The zero-order chi connectivity index (χ0) is 10.4. The summed E-state index contributed by atoms with van der Waals surface area (Å²) in [6.45, 7) is 0. The molecule has 12 heteroatoms. The van der Waals surface area contributed by atoms with Gasteiger partial charge < -0.3 is 14.7 Å². The Hall–Kier alpha value is -0.580. The highest BCUT2D eigenvalue weighted by Gasteiger charge is 2.01. The molecule has 12 heavy (non-hydrogen) atoms. The molecule has 0 atom stereocenters. The summed E-state index contributed by atoms with van der Waals surface area (Å²) in [6.07, 6.45) is 0. The lowest BCUT2D eigenvalue weighted by Gasteiger charge is -1.82. The summed E-state index contributed by atoms with van der Waals surface area (Å²) in [5, 5.41) is 1.42. The first kappa shape index (κ1) is 14.0. The Kier molecular flexibility index (Phi) is 5.98. The van der Waals surface area contributed by atoms with E-state index in [9.17, 15) is 8.42 Å². The minimum absolute atomic E-state index is 1.42. The van der Waals surface area contributed by atoms with E-state index in [0.29, 0.717) is 0 Å². The van der Waals surface area contributed by atoms with Crippen molar-refractivity contribution in [3.8, 4) is 0 Å². The third-order valence-corrected chi connectivity index (χ3v) is 0.374. The molecule has 0 spiro atoms. The Bertz CT molecular complexity index is 248. The van der Waals surface area contributed by atoms with E-state index in [0.717, 1.165) is 0 Å². The Balaban J connectivity index is 0. The molecular weight excluding hydrogens is 221 g/mol. The van der Waals surface area contributed by atoms with Gasteiger partial charge in [-0.3, -0.25) is 4.55 Å². The van der Waals surface area contributed by atoms with Gasteiger partial charge in [0.05, 0.1) is 0 Å². The number of phosphoric acid groups is 1. The van der Waals surface area contributed by atoms with Crippen LogP contribution in [0.15, 0.2) is 5.34 Å². The normalized spacial score (nSPS) is 11.0. The highest BCUT2D eigenvalue weighted by atomic mass is 32.3. The third kappa shape index (κ3) is 57.1. The van der Waals surface area contributed by atoms with Crippen molar-refractivity contribution in [3.05, 3.63) is 4.91 Å². The first-order valence-corrected chi connectivity index (χ1v) is 4.76. The van der Waals surface area contributed by atoms with E-state index in [-0.39, 0.29) is 0 Å². The molecule has 0 aromatic heterocycles. The van der Waals surface area contributed by atoms with Crippen LogP contribution in [0.25, 0.3) is 0 Å². The molecule has 10 nitrogen and oxygen atoms in total. The molecule has 0 aromatic rings. The van der Waals surface area contributed by atoms with Crippen LogP contribution in [0, 0.1) is 4.91 Å². The smallest absolute Gasteiger partial charge is 0.303 e. The van der Waals surface area contributed by atoms with Gasteiger partial charge in [-0.1, -0.05) is 0 Å². The summed E-state index contributed by atoms with van der Waals surface area (Å²) in [4.78, 5) is 30.4. The molecule has 0 fully saturated rings. The van der Waals surface area contributed by atoms with E-state index < -0.39 is 18.2 Å². The first-order chi connectivity index (χ1) is 5.06. The topological polar surface area (TPSA) is 171 Å². The molecule has 4 N–H and O–H groups in total. The molecule has 0 aliphatic carbocycles. The fourth-order valence-electron chi connectivity index (χ4n) is 0.0385. The highest BCUT2D eigenvalue weighted by molar-refractivity contribution is 7.80. The van der Waals surface area contributed by atoms with Crippen molar-refractivity contribution in [1.29, 1.82) is 0 Å². The van der Waals surface area contributed by atoms with Crippen molar-refractivity contribution >= 4 is 18.2 Å². The number of hydrogen-bond acceptors (Lipinski definition) is 6. The maximum absolute atomic E-state index is 9.27. The van der Waals surface area contributed by atoms with Crippen LogP contribution in [-0.2, 0) is 19.2 Å². The van der Waals surface area contributed by atoms with Crippen molar-refractivity contribution < 1.29 is 36.5 Å². The van der Waals surface area contributed by atoms with Crippen LogP contribution in [0.3, 0.4) is 0 Å². The van der Waals surface area contributed by atoms with Crippen LogP contribution in [-0.4, -0.2) is 27.7 Å². The fourth-order valence-corrected chi connectivity index (χ4v) is 0.115. The highest BCUT2D eigenvalue weighted by Crippen LogP contribution is 2.25. The summed E-state index contributed by atoms with van der Waals surface area (Å²) >= 11 is 0. The number of rotatable bonds is 2. The van der Waals surface area contributed by atoms with Crippen molar-refractivity contribution in [1.82, 2.24) is 0 Å². The average molecular weight is 225 g/mol. The van der Waals surface area contributed by atoms with Crippen LogP contribution in [0.5, 0.6) is 0 Å². The van der Waals surface area contributed by atoms with E-state index in [1.807, 2.05) is 0 Å². The zero-order valence-corrected chi connectivity index (χ0v) is 6.84. The molecular formula is H4NO9PS. The molecule has 0 aromatic carbocycles. The van der Waals surface area contributed by atoms with Crippen molar-refractivity contribution in [3.63, 3.8) is 0 Å². The Morgan fingerprint density at radius 1 is 1.25 bits per heavy atom. The molecule has 0 radical (unpaired) electrons. The van der Waals surface area contributed by atoms with Gasteiger partial charge in [0.2, 0.25) is 0 Å². The molecule has 74 valence electrons. The van der Waals surface area contributed by atoms with Crippen molar-refractivity contribution in [2.24, 2.45) is 5.34 Å². The molecule has 0 aliphatic rings. The van der Waals surface area contributed by atoms with Crippen LogP contribution in [0.4, 0.5) is 0 Å². The first-order valence-electron chi connectivity index (χ1n) is 1.83. The molecule has 0 saturated carbocycles. The molecule has 0 heterocycles. The van der Waals surface area contributed by atoms with E-state index in [2.05, 4.69) is 4.28 Å².